The van der Waals surface area contributed by atoms with E-state index in [2.05, 4.69) is 0 Å². The van der Waals surface area contributed by atoms with Crippen molar-refractivity contribution in [3.63, 3.8) is 0 Å². The molecule has 0 spiro atoms. The maximum Gasteiger partial charge on any atom is 0.137 e. The van der Waals surface area contributed by atoms with Crippen LogP contribution in [0.25, 0.3) is 0 Å². The second-order valence-corrected chi connectivity index (χ2v) is 4.44. The summed E-state index contributed by atoms with van der Waals surface area (Å²) in [5, 5.41) is 0.549. The lowest BCUT2D eigenvalue weighted by atomic mass is 10.1. The minimum atomic E-state index is -0.311. The van der Waals surface area contributed by atoms with Crippen molar-refractivity contribution in [1.82, 2.24) is 0 Å². The Morgan fingerprint density at radius 3 is 2.67 bits per heavy atom. The summed E-state index contributed by atoms with van der Waals surface area (Å²) in [7, 11) is 1.58. The van der Waals surface area contributed by atoms with E-state index in [0.717, 1.165) is 23.5 Å². The van der Waals surface area contributed by atoms with Crippen molar-refractivity contribution in [3.05, 3.63) is 52.4 Å². The van der Waals surface area contributed by atoms with Crippen LogP contribution in [-0.4, -0.2) is 7.11 Å². The third kappa shape index (κ3) is 2.52. The average Bonchev–Trinajstić information content (AvgIpc) is 2.86. The smallest absolute Gasteiger partial charge is 0.137 e. The topological polar surface area (TPSA) is 48.4 Å². The molecule has 2 aromatic rings. The van der Waals surface area contributed by atoms with Gasteiger partial charge >= 0.3 is 0 Å². The first-order valence-electron chi connectivity index (χ1n) is 5.83. The van der Waals surface area contributed by atoms with E-state index in [1.807, 2.05) is 25.1 Å². The fraction of sp³-hybridized carbons (Fsp3) is 0.286. The number of ether oxygens (including phenoxy) is 1. The maximum absolute atomic E-state index is 6.15. The van der Waals surface area contributed by atoms with Gasteiger partial charge in [0.05, 0.1) is 18.2 Å². The Balaban J connectivity index is 2.27. The molecule has 0 aliphatic rings. The quantitative estimate of drug-likeness (QED) is 0.920. The second kappa shape index (κ2) is 5.46. The standard InChI is InChI=1S/C14H16ClNO2/c1-3-10-5-7-13(18-10)14(16)9-4-6-12(17-2)11(15)8-9/h4-8,14H,3,16H2,1-2H3. The number of rotatable bonds is 4. The van der Waals surface area contributed by atoms with Gasteiger partial charge in [-0.25, -0.2) is 0 Å². The van der Waals surface area contributed by atoms with Gasteiger partial charge in [-0.3, -0.25) is 0 Å². The van der Waals surface area contributed by atoms with Gasteiger partial charge in [0.15, 0.2) is 0 Å². The third-order valence-electron chi connectivity index (χ3n) is 2.87. The lowest BCUT2D eigenvalue weighted by Crippen LogP contribution is -2.10. The van der Waals surface area contributed by atoms with Crippen LogP contribution in [0.2, 0.25) is 5.02 Å². The van der Waals surface area contributed by atoms with Gasteiger partial charge < -0.3 is 14.9 Å². The third-order valence-corrected chi connectivity index (χ3v) is 3.17. The molecule has 96 valence electrons. The SMILES string of the molecule is CCc1ccc(C(N)c2ccc(OC)c(Cl)c2)o1. The highest BCUT2D eigenvalue weighted by molar-refractivity contribution is 6.32. The highest BCUT2D eigenvalue weighted by Crippen LogP contribution is 2.29. The van der Waals surface area contributed by atoms with E-state index in [9.17, 15) is 0 Å². The van der Waals surface area contributed by atoms with Crippen molar-refractivity contribution in [3.8, 4) is 5.75 Å². The molecule has 18 heavy (non-hydrogen) atoms. The van der Waals surface area contributed by atoms with Gasteiger partial charge in [0.25, 0.3) is 0 Å². The Hall–Kier alpha value is -1.45. The first-order valence-corrected chi connectivity index (χ1v) is 6.21. The van der Waals surface area contributed by atoms with E-state index in [-0.39, 0.29) is 6.04 Å². The van der Waals surface area contributed by atoms with Crippen LogP contribution < -0.4 is 10.5 Å². The second-order valence-electron chi connectivity index (χ2n) is 4.03. The lowest BCUT2D eigenvalue weighted by Gasteiger charge is -2.11. The van der Waals surface area contributed by atoms with E-state index in [0.29, 0.717) is 10.8 Å². The zero-order valence-corrected chi connectivity index (χ0v) is 11.2. The van der Waals surface area contributed by atoms with Gasteiger partial charge in [-0.05, 0) is 29.8 Å². The molecule has 0 aliphatic carbocycles. The summed E-state index contributed by atoms with van der Waals surface area (Å²) in [5.74, 6) is 2.31. The van der Waals surface area contributed by atoms with Gasteiger partial charge in [0, 0.05) is 6.42 Å². The molecule has 0 saturated heterocycles. The number of benzene rings is 1. The molecule has 4 heteroatoms. The van der Waals surface area contributed by atoms with Crippen LogP contribution in [0.15, 0.2) is 34.7 Å². The molecule has 1 aromatic heterocycles. The van der Waals surface area contributed by atoms with Crippen molar-refractivity contribution >= 4 is 11.6 Å². The lowest BCUT2D eigenvalue weighted by molar-refractivity contribution is 0.414. The predicted molar refractivity (Wildman–Crippen MR) is 72.1 cm³/mol. The van der Waals surface area contributed by atoms with Gasteiger partial charge in [0.1, 0.15) is 17.3 Å². The van der Waals surface area contributed by atoms with Crippen LogP contribution in [0.4, 0.5) is 0 Å². The Morgan fingerprint density at radius 2 is 2.11 bits per heavy atom. The van der Waals surface area contributed by atoms with Gasteiger partial charge in [-0.1, -0.05) is 24.6 Å². The molecule has 1 heterocycles. The number of methoxy groups -OCH3 is 1. The number of hydrogen-bond acceptors (Lipinski definition) is 3. The van der Waals surface area contributed by atoms with Crippen LogP contribution in [0, 0.1) is 0 Å². The molecule has 0 bridgehead atoms. The van der Waals surface area contributed by atoms with E-state index >= 15 is 0 Å². The Labute approximate surface area is 111 Å². The first kappa shape index (κ1) is 13.0. The molecule has 0 fully saturated rings. The molecule has 0 aliphatic heterocycles. The number of halogens is 1. The highest BCUT2D eigenvalue weighted by atomic mass is 35.5. The summed E-state index contributed by atoms with van der Waals surface area (Å²) >= 11 is 6.08. The van der Waals surface area contributed by atoms with Crippen molar-refractivity contribution < 1.29 is 9.15 Å². The van der Waals surface area contributed by atoms with Crippen molar-refractivity contribution in [2.45, 2.75) is 19.4 Å². The molecule has 2 rings (SSSR count). The minimum absolute atomic E-state index is 0.311. The summed E-state index contributed by atoms with van der Waals surface area (Å²) in [4.78, 5) is 0. The van der Waals surface area contributed by atoms with Crippen molar-refractivity contribution in [1.29, 1.82) is 0 Å². The normalized spacial score (nSPS) is 12.4. The zero-order valence-electron chi connectivity index (χ0n) is 10.4. The van der Waals surface area contributed by atoms with E-state index < -0.39 is 0 Å². The summed E-state index contributed by atoms with van der Waals surface area (Å²) < 4.78 is 10.8. The maximum atomic E-state index is 6.15. The fourth-order valence-electron chi connectivity index (χ4n) is 1.79. The largest absolute Gasteiger partial charge is 0.495 e. The summed E-state index contributed by atoms with van der Waals surface area (Å²) in [6.07, 6.45) is 0.857. The molecule has 1 unspecified atom stereocenters. The van der Waals surface area contributed by atoms with Gasteiger partial charge in [-0.2, -0.15) is 0 Å². The molecule has 0 radical (unpaired) electrons. The van der Waals surface area contributed by atoms with Crippen molar-refractivity contribution in [2.75, 3.05) is 7.11 Å². The Bertz CT molecular complexity index is 536. The Morgan fingerprint density at radius 1 is 1.33 bits per heavy atom. The van der Waals surface area contributed by atoms with Gasteiger partial charge in [-0.15, -0.1) is 0 Å². The van der Waals surface area contributed by atoms with Crippen LogP contribution in [-0.2, 0) is 6.42 Å². The number of aryl methyl sites for hydroxylation is 1. The average molecular weight is 266 g/mol. The fourth-order valence-corrected chi connectivity index (χ4v) is 2.06. The van der Waals surface area contributed by atoms with Crippen molar-refractivity contribution in [2.24, 2.45) is 5.73 Å². The molecular formula is C14H16ClNO2. The molecule has 0 amide bonds. The molecular weight excluding hydrogens is 250 g/mol. The zero-order chi connectivity index (χ0) is 13.1. The molecule has 2 N–H and O–H groups in total. The molecule has 1 aromatic carbocycles. The predicted octanol–water partition coefficient (Wildman–Crippen LogP) is 3.55. The highest BCUT2D eigenvalue weighted by Gasteiger charge is 2.14. The van der Waals surface area contributed by atoms with E-state index in [1.165, 1.54) is 0 Å². The van der Waals surface area contributed by atoms with Crippen LogP contribution >= 0.6 is 11.6 Å². The van der Waals surface area contributed by atoms with Crippen LogP contribution in [0.5, 0.6) is 5.75 Å². The van der Waals surface area contributed by atoms with E-state index in [4.69, 9.17) is 26.5 Å². The number of nitrogens with two attached hydrogens (primary N) is 1. The van der Waals surface area contributed by atoms with E-state index in [1.54, 1.807) is 19.2 Å². The van der Waals surface area contributed by atoms with Crippen LogP contribution in [0.3, 0.4) is 0 Å². The monoisotopic (exact) mass is 265 g/mol. The first-order chi connectivity index (χ1) is 8.65. The molecule has 1 atom stereocenters. The Kier molecular flexibility index (Phi) is 3.94. The van der Waals surface area contributed by atoms with Crippen LogP contribution in [0.1, 0.15) is 30.0 Å². The summed E-state index contributed by atoms with van der Waals surface area (Å²) in [5.41, 5.74) is 7.05. The molecule has 0 saturated carbocycles. The summed E-state index contributed by atoms with van der Waals surface area (Å²) in [6.45, 7) is 2.04. The number of hydrogen-bond donors (Lipinski definition) is 1. The minimum Gasteiger partial charge on any atom is -0.495 e. The summed E-state index contributed by atoms with van der Waals surface area (Å²) in [6, 6.07) is 9.04. The van der Waals surface area contributed by atoms with Gasteiger partial charge in [0.2, 0.25) is 0 Å². The molecule has 3 nitrogen and oxygen atoms in total. The number of furan rings is 1.